The number of hydrogen-bond acceptors (Lipinski definition) is 4. The second-order valence-corrected chi connectivity index (χ2v) is 8.55. The number of likely N-dealkylation sites (N-methyl/N-ethyl adjacent to an activating group) is 1. The molecule has 6 nitrogen and oxygen atoms in total. The highest BCUT2D eigenvalue weighted by molar-refractivity contribution is 9.10. The van der Waals surface area contributed by atoms with Gasteiger partial charge in [-0.25, -0.2) is 8.42 Å². The van der Waals surface area contributed by atoms with Crippen LogP contribution in [-0.2, 0) is 14.8 Å². The molecular formula is C16H24BrN3O3S. The van der Waals surface area contributed by atoms with Crippen molar-refractivity contribution in [3.63, 3.8) is 0 Å². The normalized spacial score (nSPS) is 17.0. The molecule has 2 rings (SSSR count). The predicted molar refractivity (Wildman–Crippen MR) is 97.3 cm³/mol. The van der Waals surface area contributed by atoms with E-state index in [1.807, 2.05) is 18.7 Å². The zero-order valence-corrected chi connectivity index (χ0v) is 16.5. The molecular weight excluding hydrogens is 394 g/mol. The van der Waals surface area contributed by atoms with Crippen LogP contribution < -0.4 is 0 Å². The lowest BCUT2D eigenvalue weighted by Gasteiger charge is -2.34. The molecule has 1 aromatic rings. The van der Waals surface area contributed by atoms with Gasteiger partial charge in [-0.15, -0.1) is 0 Å². The Balaban J connectivity index is 1.94. The molecule has 0 spiro atoms. The van der Waals surface area contributed by atoms with Crippen LogP contribution in [-0.4, -0.2) is 74.2 Å². The van der Waals surface area contributed by atoms with Crippen LogP contribution in [0.5, 0.6) is 0 Å². The first-order chi connectivity index (χ1) is 11.4. The number of carbonyl (C=O) groups excluding carboxylic acids is 1. The minimum absolute atomic E-state index is 0.101. The molecule has 1 saturated heterocycles. The van der Waals surface area contributed by atoms with E-state index in [0.717, 1.165) is 4.47 Å². The molecule has 1 heterocycles. The second kappa shape index (κ2) is 8.42. The Bertz CT molecular complexity index is 652. The first kappa shape index (κ1) is 19.4. The maximum absolute atomic E-state index is 12.6. The van der Waals surface area contributed by atoms with Gasteiger partial charge in [-0.2, -0.15) is 4.31 Å². The van der Waals surface area contributed by atoms with E-state index in [4.69, 9.17) is 0 Å². The van der Waals surface area contributed by atoms with Crippen LogP contribution in [0.25, 0.3) is 0 Å². The minimum Gasteiger partial charge on any atom is -0.342 e. The average molecular weight is 418 g/mol. The van der Waals surface area contributed by atoms with Crippen LogP contribution in [0.3, 0.4) is 0 Å². The van der Waals surface area contributed by atoms with Crippen molar-refractivity contribution >= 4 is 31.9 Å². The fourth-order valence-electron chi connectivity index (χ4n) is 2.75. The molecule has 0 atom stereocenters. The fraction of sp³-hybridized carbons (Fsp3) is 0.562. The Kier molecular flexibility index (Phi) is 6.79. The van der Waals surface area contributed by atoms with Gasteiger partial charge in [0.05, 0.1) is 11.4 Å². The minimum atomic E-state index is -3.47. The topological polar surface area (TPSA) is 60.9 Å². The van der Waals surface area contributed by atoms with Gasteiger partial charge < -0.3 is 4.90 Å². The monoisotopic (exact) mass is 417 g/mol. The zero-order chi connectivity index (χ0) is 17.7. The van der Waals surface area contributed by atoms with E-state index in [9.17, 15) is 13.2 Å². The third-order valence-electron chi connectivity index (χ3n) is 4.26. The Hall–Kier alpha value is -0.960. The molecule has 1 amide bonds. The number of benzene rings is 1. The van der Waals surface area contributed by atoms with Crippen LogP contribution in [0.4, 0.5) is 0 Å². The summed E-state index contributed by atoms with van der Waals surface area (Å²) in [5.41, 5.74) is 0. The summed E-state index contributed by atoms with van der Waals surface area (Å²) in [5, 5.41) is 0. The lowest BCUT2D eigenvalue weighted by atomic mass is 10.3. The molecule has 1 aliphatic rings. The molecule has 1 fully saturated rings. The molecule has 0 aromatic heterocycles. The molecule has 0 saturated carbocycles. The van der Waals surface area contributed by atoms with Gasteiger partial charge >= 0.3 is 0 Å². The molecule has 134 valence electrons. The van der Waals surface area contributed by atoms with E-state index in [0.29, 0.717) is 50.7 Å². The van der Waals surface area contributed by atoms with Gasteiger partial charge in [0, 0.05) is 43.7 Å². The standard InChI is InChI=1S/C16H24BrN3O3S/c1-3-19(4-2)16(21)13-18-9-11-20(12-10-18)24(22,23)15-7-5-14(17)6-8-15/h5-8H,3-4,9-13H2,1-2H3. The van der Waals surface area contributed by atoms with Crippen LogP contribution in [0.1, 0.15) is 13.8 Å². The Labute approximate surface area is 152 Å². The fourth-order valence-corrected chi connectivity index (χ4v) is 4.44. The third-order valence-corrected chi connectivity index (χ3v) is 6.70. The second-order valence-electron chi connectivity index (χ2n) is 5.70. The van der Waals surface area contributed by atoms with Gasteiger partial charge in [0.2, 0.25) is 15.9 Å². The largest absolute Gasteiger partial charge is 0.342 e. The molecule has 1 aromatic carbocycles. The van der Waals surface area contributed by atoms with Crippen LogP contribution in [0, 0.1) is 0 Å². The summed E-state index contributed by atoms with van der Waals surface area (Å²) < 4.78 is 27.6. The van der Waals surface area contributed by atoms with Crippen LogP contribution >= 0.6 is 15.9 Å². The van der Waals surface area contributed by atoms with Crippen molar-refractivity contribution in [2.45, 2.75) is 18.7 Å². The van der Waals surface area contributed by atoms with Gasteiger partial charge in [-0.3, -0.25) is 9.69 Å². The number of rotatable bonds is 6. The van der Waals surface area contributed by atoms with E-state index in [-0.39, 0.29) is 5.91 Å². The van der Waals surface area contributed by atoms with Gasteiger partial charge in [-0.05, 0) is 38.1 Å². The Morgan fingerprint density at radius 1 is 1.08 bits per heavy atom. The Morgan fingerprint density at radius 2 is 1.62 bits per heavy atom. The lowest BCUT2D eigenvalue weighted by Crippen LogP contribution is -2.51. The van der Waals surface area contributed by atoms with Crippen molar-refractivity contribution in [3.05, 3.63) is 28.7 Å². The Morgan fingerprint density at radius 3 is 2.12 bits per heavy atom. The summed E-state index contributed by atoms with van der Waals surface area (Å²) in [6.07, 6.45) is 0. The summed E-state index contributed by atoms with van der Waals surface area (Å²) in [6.45, 7) is 7.64. The molecule has 1 aliphatic heterocycles. The summed E-state index contributed by atoms with van der Waals surface area (Å²) >= 11 is 3.31. The quantitative estimate of drug-likeness (QED) is 0.705. The summed E-state index contributed by atoms with van der Waals surface area (Å²) in [5.74, 6) is 0.101. The number of amides is 1. The highest BCUT2D eigenvalue weighted by Gasteiger charge is 2.29. The van der Waals surface area contributed by atoms with Crippen LogP contribution in [0.15, 0.2) is 33.6 Å². The lowest BCUT2D eigenvalue weighted by molar-refractivity contribution is -0.132. The van der Waals surface area contributed by atoms with E-state index < -0.39 is 10.0 Å². The number of piperazine rings is 1. The number of hydrogen-bond donors (Lipinski definition) is 0. The number of carbonyl (C=O) groups is 1. The third kappa shape index (κ3) is 4.56. The SMILES string of the molecule is CCN(CC)C(=O)CN1CCN(S(=O)(=O)c2ccc(Br)cc2)CC1. The van der Waals surface area contributed by atoms with E-state index in [1.165, 1.54) is 4.31 Å². The van der Waals surface area contributed by atoms with Crippen molar-refractivity contribution in [1.82, 2.24) is 14.1 Å². The first-order valence-corrected chi connectivity index (χ1v) is 10.4. The number of halogens is 1. The molecule has 8 heteroatoms. The number of nitrogens with zero attached hydrogens (tertiary/aromatic N) is 3. The average Bonchev–Trinajstić information content (AvgIpc) is 2.57. The van der Waals surface area contributed by atoms with E-state index >= 15 is 0 Å². The summed E-state index contributed by atoms with van der Waals surface area (Å²) in [6, 6.07) is 6.67. The van der Waals surface area contributed by atoms with E-state index in [1.54, 1.807) is 29.2 Å². The first-order valence-electron chi connectivity index (χ1n) is 8.14. The molecule has 0 aliphatic carbocycles. The van der Waals surface area contributed by atoms with Gasteiger partial charge in [-0.1, -0.05) is 15.9 Å². The highest BCUT2D eigenvalue weighted by atomic mass is 79.9. The van der Waals surface area contributed by atoms with Crippen molar-refractivity contribution in [2.75, 3.05) is 45.8 Å². The highest BCUT2D eigenvalue weighted by Crippen LogP contribution is 2.20. The van der Waals surface area contributed by atoms with Gasteiger partial charge in [0.15, 0.2) is 0 Å². The van der Waals surface area contributed by atoms with Gasteiger partial charge in [0.25, 0.3) is 0 Å². The molecule has 0 radical (unpaired) electrons. The molecule has 0 N–H and O–H groups in total. The molecule has 0 bridgehead atoms. The molecule has 0 unspecified atom stereocenters. The van der Waals surface area contributed by atoms with Crippen molar-refractivity contribution in [3.8, 4) is 0 Å². The maximum Gasteiger partial charge on any atom is 0.243 e. The smallest absolute Gasteiger partial charge is 0.243 e. The van der Waals surface area contributed by atoms with Gasteiger partial charge in [0.1, 0.15) is 0 Å². The predicted octanol–water partition coefficient (Wildman–Crippen LogP) is 1.62. The van der Waals surface area contributed by atoms with E-state index in [2.05, 4.69) is 15.9 Å². The van der Waals surface area contributed by atoms with Crippen molar-refractivity contribution in [1.29, 1.82) is 0 Å². The summed E-state index contributed by atoms with van der Waals surface area (Å²) in [4.78, 5) is 16.3. The number of sulfonamides is 1. The maximum atomic E-state index is 12.6. The molecule has 24 heavy (non-hydrogen) atoms. The van der Waals surface area contributed by atoms with Crippen molar-refractivity contribution in [2.24, 2.45) is 0 Å². The van der Waals surface area contributed by atoms with Crippen LogP contribution in [0.2, 0.25) is 0 Å². The zero-order valence-electron chi connectivity index (χ0n) is 14.1. The summed E-state index contributed by atoms with van der Waals surface area (Å²) in [7, 11) is -3.47. The van der Waals surface area contributed by atoms with Crippen molar-refractivity contribution < 1.29 is 13.2 Å².